The SMILES string of the molecule is C[C@@H](O)[C@H]1C(=O)N2C(C(=O)O)=C(CSc3nncs3)[C@@H](CC#N)[C@@H]12. The highest BCUT2D eigenvalue weighted by molar-refractivity contribution is 8.01. The van der Waals surface area contributed by atoms with E-state index in [0.717, 1.165) is 0 Å². The van der Waals surface area contributed by atoms with E-state index < -0.39 is 29.9 Å². The molecular formula is C14H14N4O4S2. The molecule has 1 aromatic heterocycles. The summed E-state index contributed by atoms with van der Waals surface area (Å²) in [6.07, 6.45) is -0.786. The van der Waals surface area contributed by atoms with Gasteiger partial charge in [0.2, 0.25) is 5.91 Å². The number of aliphatic hydroxyl groups is 1. The minimum atomic E-state index is -1.19. The molecule has 8 nitrogen and oxygen atoms in total. The number of aliphatic carboxylic acids is 1. The Balaban J connectivity index is 1.94. The Morgan fingerprint density at radius 2 is 2.38 bits per heavy atom. The zero-order valence-corrected chi connectivity index (χ0v) is 14.3. The minimum absolute atomic E-state index is 0.0563. The van der Waals surface area contributed by atoms with E-state index in [0.29, 0.717) is 15.7 Å². The Morgan fingerprint density at radius 1 is 1.62 bits per heavy atom. The molecule has 2 aliphatic heterocycles. The number of carboxylic acid groups (broad SMARTS) is 1. The number of aromatic nitrogens is 2. The molecule has 0 unspecified atom stereocenters. The molecule has 0 bridgehead atoms. The van der Waals surface area contributed by atoms with Crippen molar-refractivity contribution in [2.24, 2.45) is 11.8 Å². The molecule has 1 fully saturated rings. The molecule has 0 aromatic carbocycles. The number of thioether (sulfide) groups is 1. The number of carbonyl (C=O) groups excluding carboxylic acids is 1. The molecule has 126 valence electrons. The minimum Gasteiger partial charge on any atom is -0.477 e. The molecule has 3 heterocycles. The molecule has 24 heavy (non-hydrogen) atoms. The number of carbonyl (C=O) groups is 2. The lowest BCUT2D eigenvalue weighted by Crippen LogP contribution is -2.63. The van der Waals surface area contributed by atoms with Gasteiger partial charge in [0, 0.05) is 18.1 Å². The molecule has 1 saturated heterocycles. The molecule has 0 spiro atoms. The van der Waals surface area contributed by atoms with Crippen LogP contribution in [-0.4, -0.2) is 55.1 Å². The Morgan fingerprint density at radius 3 is 2.92 bits per heavy atom. The van der Waals surface area contributed by atoms with E-state index in [1.807, 2.05) is 0 Å². The summed E-state index contributed by atoms with van der Waals surface area (Å²) in [6.45, 7) is 1.51. The highest BCUT2D eigenvalue weighted by atomic mass is 32.2. The summed E-state index contributed by atoms with van der Waals surface area (Å²) < 4.78 is 0.690. The van der Waals surface area contributed by atoms with Crippen molar-refractivity contribution in [2.75, 3.05) is 5.75 Å². The van der Waals surface area contributed by atoms with Crippen molar-refractivity contribution in [1.82, 2.24) is 15.1 Å². The summed E-state index contributed by atoms with van der Waals surface area (Å²) in [5.41, 5.74) is 2.07. The number of rotatable bonds is 6. The molecule has 0 radical (unpaired) electrons. The first kappa shape index (κ1) is 16.9. The lowest BCUT2D eigenvalue weighted by molar-refractivity contribution is -0.163. The van der Waals surface area contributed by atoms with Gasteiger partial charge in [-0.2, -0.15) is 5.26 Å². The van der Waals surface area contributed by atoms with Crippen LogP contribution >= 0.6 is 23.1 Å². The normalized spacial score (nSPS) is 26.8. The van der Waals surface area contributed by atoms with Crippen LogP contribution in [0.1, 0.15) is 13.3 Å². The van der Waals surface area contributed by atoms with Crippen molar-refractivity contribution in [3.8, 4) is 6.07 Å². The van der Waals surface area contributed by atoms with Gasteiger partial charge in [-0.3, -0.25) is 4.79 Å². The summed E-state index contributed by atoms with van der Waals surface area (Å²) in [5.74, 6) is -2.33. The smallest absolute Gasteiger partial charge is 0.352 e. The van der Waals surface area contributed by atoms with Crippen molar-refractivity contribution in [3.63, 3.8) is 0 Å². The molecule has 0 aliphatic carbocycles. The second kappa shape index (κ2) is 6.51. The van der Waals surface area contributed by atoms with Gasteiger partial charge in [-0.15, -0.1) is 10.2 Å². The first-order valence-corrected chi connectivity index (χ1v) is 9.07. The number of nitriles is 1. The van der Waals surface area contributed by atoms with E-state index >= 15 is 0 Å². The maximum absolute atomic E-state index is 12.3. The Bertz CT molecular complexity index is 740. The van der Waals surface area contributed by atoms with Gasteiger partial charge in [-0.05, 0) is 12.5 Å². The van der Waals surface area contributed by atoms with Crippen LogP contribution < -0.4 is 0 Å². The topological polar surface area (TPSA) is 127 Å². The van der Waals surface area contributed by atoms with Gasteiger partial charge in [0.25, 0.3) is 0 Å². The van der Waals surface area contributed by atoms with Crippen LogP contribution in [0.25, 0.3) is 0 Å². The van der Waals surface area contributed by atoms with Crippen LogP contribution in [0, 0.1) is 23.2 Å². The van der Waals surface area contributed by atoms with Gasteiger partial charge in [-0.1, -0.05) is 23.1 Å². The summed E-state index contributed by atoms with van der Waals surface area (Å²) >= 11 is 2.67. The van der Waals surface area contributed by atoms with Gasteiger partial charge >= 0.3 is 5.97 Å². The van der Waals surface area contributed by atoms with Crippen LogP contribution in [0.3, 0.4) is 0 Å². The Hall–Kier alpha value is -1.96. The summed E-state index contributed by atoms with van der Waals surface area (Å²) in [6, 6.07) is 1.61. The average Bonchev–Trinajstić information content (AvgIpc) is 3.10. The van der Waals surface area contributed by atoms with Crippen LogP contribution in [0.2, 0.25) is 0 Å². The van der Waals surface area contributed by atoms with Crippen LogP contribution in [0.5, 0.6) is 0 Å². The zero-order valence-electron chi connectivity index (χ0n) is 12.6. The second-order valence-electron chi connectivity index (χ2n) is 5.61. The van der Waals surface area contributed by atoms with E-state index in [1.165, 1.54) is 34.9 Å². The monoisotopic (exact) mass is 366 g/mol. The number of fused-ring (bicyclic) bond motifs is 1. The number of amides is 1. The van der Waals surface area contributed by atoms with Crippen LogP contribution in [0.15, 0.2) is 21.1 Å². The van der Waals surface area contributed by atoms with Gasteiger partial charge in [0.05, 0.1) is 24.1 Å². The van der Waals surface area contributed by atoms with E-state index in [-0.39, 0.29) is 18.0 Å². The van der Waals surface area contributed by atoms with E-state index in [9.17, 15) is 19.8 Å². The third kappa shape index (κ3) is 2.58. The molecule has 2 aliphatic rings. The number of β-lactam (4-membered cyclic amide) rings is 1. The fourth-order valence-corrected chi connectivity index (χ4v) is 4.96. The number of hydrogen-bond donors (Lipinski definition) is 2. The summed E-state index contributed by atoms with van der Waals surface area (Å²) in [5, 5.41) is 36.2. The number of hydrogen-bond acceptors (Lipinski definition) is 8. The van der Waals surface area contributed by atoms with Crippen molar-refractivity contribution in [1.29, 1.82) is 5.26 Å². The van der Waals surface area contributed by atoms with Gasteiger partial charge in [0.15, 0.2) is 4.34 Å². The Labute approximate surface area is 145 Å². The maximum atomic E-state index is 12.3. The molecule has 3 rings (SSSR count). The molecule has 1 amide bonds. The molecular weight excluding hydrogens is 352 g/mol. The van der Waals surface area contributed by atoms with E-state index in [2.05, 4.69) is 16.3 Å². The van der Waals surface area contributed by atoms with Crippen LogP contribution in [0.4, 0.5) is 0 Å². The first-order chi connectivity index (χ1) is 11.5. The Kier molecular flexibility index (Phi) is 4.58. The molecule has 2 N–H and O–H groups in total. The van der Waals surface area contributed by atoms with Crippen molar-refractivity contribution in [2.45, 2.75) is 29.8 Å². The third-order valence-electron chi connectivity index (χ3n) is 4.32. The van der Waals surface area contributed by atoms with Crippen molar-refractivity contribution >= 4 is 35.0 Å². The number of carboxylic acids is 1. The van der Waals surface area contributed by atoms with Gasteiger partial charge in [-0.25, -0.2) is 4.79 Å². The predicted molar refractivity (Wildman–Crippen MR) is 84.8 cm³/mol. The number of nitrogens with zero attached hydrogens (tertiary/aromatic N) is 4. The van der Waals surface area contributed by atoms with Gasteiger partial charge < -0.3 is 15.1 Å². The fraction of sp³-hybridized carbons (Fsp3) is 0.500. The van der Waals surface area contributed by atoms with E-state index in [4.69, 9.17) is 5.26 Å². The largest absolute Gasteiger partial charge is 0.477 e. The van der Waals surface area contributed by atoms with Gasteiger partial charge in [0.1, 0.15) is 11.2 Å². The maximum Gasteiger partial charge on any atom is 0.352 e. The quantitative estimate of drug-likeness (QED) is 0.557. The lowest BCUT2D eigenvalue weighted by Gasteiger charge is -2.46. The van der Waals surface area contributed by atoms with E-state index in [1.54, 1.807) is 5.51 Å². The summed E-state index contributed by atoms with van der Waals surface area (Å²) in [7, 11) is 0. The zero-order chi connectivity index (χ0) is 17.4. The molecule has 0 saturated carbocycles. The molecule has 10 heteroatoms. The number of aliphatic hydroxyl groups excluding tert-OH is 1. The lowest BCUT2D eigenvalue weighted by atomic mass is 9.76. The fourth-order valence-electron chi connectivity index (χ4n) is 3.37. The standard InChI is InChI=1S/C14H14N4O4S2/c1-6(19)9-10-7(2-3-15)8(4-23-14-17-16-5-24-14)11(13(21)22)18(10)12(9)20/h5-7,9-10,19H,2,4H2,1H3,(H,21,22)/t6-,7-,9-,10+/m1/s1. The predicted octanol–water partition coefficient (Wildman–Crippen LogP) is 0.720. The average molecular weight is 366 g/mol. The third-order valence-corrected chi connectivity index (χ3v) is 6.23. The van der Waals surface area contributed by atoms with Crippen molar-refractivity contribution in [3.05, 3.63) is 16.8 Å². The molecule has 4 atom stereocenters. The van der Waals surface area contributed by atoms with Crippen LogP contribution in [-0.2, 0) is 9.59 Å². The highest BCUT2D eigenvalue weighted by Gasteiger charge is 2.60. The molecule has 1 aromatic rings. The second-order valence-corrected chi connectivity index (χ2v) is 7.66. The van der Waals surface area contributed by atoms with Crippen molar-refractivity contribution < 1.29 is 19.8 Å². The summed E-state index contributed by atoms with van der Waals surface area (Å²) in [4.78, 5) is 25.2. The highest BCUT2D eigenvalue weighted by Crippen LogP contribution is 2.49. The first-order valence-electron chi connectivity index (χ1n) is 7.20.